The van der Waals surface area contributed by atoms with E-state index in [2.05, 4.69) is 0 Å². The van der Waals surface area contributed by atoms with Crippen LogP contribution in [0.4, 0.5) is 0 Å². The Kier molecular flexibility index (Phi) is 5.38. The summed E-state index contributed by atoms with van der Waals surface area (Å²) >= 11 is 5.97. The van der Waals surface area contributed by atoms with Gasteiger partial charge in [-0.3, -0.25) is 4.79 Å². The molecular formula is C27H20ClNO5. The number of aryl methyl sites for hydroxylation is 2. The molecule has 34 heavy (non-hydrogen) atoms. The van der Waals surface area contributed by atoms with E-state index >= 15 is 0 Å². The Hall–Kier alpha value is -4.03. The second kappa shape index (κ2) is 8.39. The second-order valence-electron chi connectivity index (χ2n) is 8.03. The van der Waals surface area contributed by atoms with Gasteiger partial charge in [0.25, 0.3) is 0 Å². The topological polar surface area (TPSA) is 66.8 Å². The summed E-state index contributed by atoms with van der Waals surface area (Å²) in [6.07, 6.45) is 3.66. The summed E-state index contributed by atoms with van der Waals surface area (Å²) in [7, 11) is 3.55. The van der Waals surface area contributed by atoms with Gasteiger partial charge in [-0.1, -0.05) is 17.7 Å². The van der Waals surface area contributed by atoms with Crippen LogP contribution in [0, 0.1) is 6.92 Å². The number of allylic oxidation sites excluding steroid dienone is 1. The Morgan fingerprint density at radius 3 is 2.68 bits per heavy atom. The lowest BCUT2D eigenvalue weighted by Crippen LogP contribution is -2.08. The first kappa shape index (κ1) is 21.8. The molecule has 2 heterocycles. The van der Waals surface area contributed by atoms with Crippen molar-refractivity contribution >= 4 is 40.3 Å². The van der Waals surface area contributed by atoms with Crippen molar-refractivity contribution in [1.82, 2.24) is 4.57 Å². The number of rotatable bonds is 4. The molecule has 0 radical (unpaired) electrons. The molecule has 0 unspecified atom stereocenters. The summed E-state index contributed by atoms with van der Waals surface area (Å²) < 4.78 is 18.8. The van der Waals surface area contributed by atoms with Gasteiger partial charge in [-0.2, -0.15) is 0 Å². The van der Waals surface area contributed by atoms with Gasteiger partial charge >= 0.3 is 5.97 Å². The van der Waals surface area contributed by atoms with Gasteiger partial charge in [-0.25, -0.2) is 4.79 Å². The van der Waals surface area contributed by atoms with Crippen LogP contribution in [0.3, 0.4) is 0 Å². The summed E-state index contributed by atoms with van der Waals surface area (Å²) in [6, 6.07) is 15.5. The van der Waals surface area contributed by atoms with Crippen molar-refractivity contribution in [2.75, 3.05) is 7.11 Å². The minimum Gasteiger partial charge on any atom is -0.497 e. The molecule has 0 bridgehead atoms. The number of carbonyl (C=O) groups is 2. The van der Waals surface area contributed by atoms with Crippen LogP contribution >= 0.6 is 11.6 Å². The fraction of sp³-hybridized carbons (Fsp3) is 0.111. The molecule has 1 aliphatic heterocycles. The number of methoxy groups -OCH3 is 1. The number of hydrogen-bond acceptors (Lipinski definition) is 5. The molecule has 0 spiro atoms. The second-order valence-corrected chi connectivity index (χ2v) is 8.47. The maximum Gasteiger partial charge on any atom is 0.343 e. The van der Waals surface area contributed by atoms with E-state index in [9.17, 15) is 9.59 Å². The van der Waals surface area contributed by atoms with Gasteiger partial charge in [-0.05, 0) is 61.0 Å². The number of Topliss-reactive ketones (excluding diaryl/α,β-unsaturated/α-hetero) is 1. The van der Waals surface area contributed by atoms with Crippen molar-refractivity contribution in [3.63, 3.8) is 0 Å². The molecule has 0 saturated heterocycles. The van der Waals surface area contributed by atoms with Gasteiger partial charge in [0.1, 0.15) is 17.2 Å². The molecule has 1 aliphatic rings. The highest BCUT2D eigenvalue weighted by Gasteiger charge is 2.30. The molecule has 0 fully saturated rings. The van der Waals surface area contributed by atoms with Crippen molar-refractivity contribution in [1.29, 1.82) is 0 Å². The van der Waals surface area contributed by atoms with Gasteiger partial charge in [0.2, 0.25) is 5.78 Å². The quantitative estimate of drug-likeness (QED) is 0.207. The molecular weight excluding hydrogens is 454 g/mol. The van der Waals surface area contributed by atoms with Crippen LogP contribution in [-0.4, -0.2) is 23.4 Å². The lowest BCUT2D eigenvalue weighted by Gasteiger charge is -2.08. The van der Waals surface area contributed by atoms with Gasteiger partial charge in [0, 0.05) is 40.8 Å². The standard InChI is InChI=1S/C27H20ClNO5/c1-15-9-20(33-27(31)16-5-4-6-18(28)10-16)13-23-25(15)26(30)24(34-23)11-17-14-29(2)22-8-7-19(32-3)12-21(17)22/h4-14H,1-3H3/b24-11-. The minimum atomic E-state index is -0.549. The maximum atomic E-state index is 13.1. The van der Waals surface area contributed by atoms with E-state index in [1.54, 1.807) is 50.4 Å². The Morgan fingerprint density at radius 2 is 1.91 bits per heavy atom. The summed E-state index contributed by atoms with van der Waals surface area (Å²) in [4.78, 5) is 25.6. The van der Waals surface area contributed by atoms with Gasteiger partial charge in [-0.15, -0.1) is 0 Å². The van der Waals surface area contributed by atoms with E-state index < -0.39 is 5.97 Å². The third-order valence-corrected chi connectivity index (χ3v) is 5.96. The number of benzene rings is 3. The van der Waals surface area contributed by atoms with E-state index in [4.69, 9.17) is 25.8 Å². The van der Waals surface area contributed by atoms with Gasteiger partial charge in [0.15, 0.2) is 5.76 Å². The lowest BCUT2D eigenvalue weighted by molar-refractivity contribution is 0.0734. The highest BCUT2D eigenvalue weighted by atomic mass is 35.5. The minimum absolute atomic E-state index is 0.201. The summed E-state index contributed by atoms with van der Waals surface area (Å²) in [5.74, 6) is 0.786. The summed E-state index contributed by atoms with van der Waals surface area (Å²) in [5.41, 5.74) is 3.26. The number of ether oxygens (including phenoxy) is 3. The van der Waals surface area contributed by atoms with Crippen LogP contribution in [0.15, 0.2) is 66.6 Å². The van der Waals surface area contributed by atoms with Crippen LogP contribution < -0.4 is 14.2 Å². The van der Waals surface area contributed by atoms with E-state index in [1.165, 1.54) is 6.07 Å². The van der Waals surface area contributed by atoms with E-state index in [0.29, 0.717) is 27.5 Å². The molecule has 0 amide bonds. The molecule has 5 rings (SSSR count). The predicted molar refractivity (Wildman–Crippen MR) is 130 cm³/mol. The Bertz CT molecular complexity index is 1520. The Balaban J connectivity index is 1.47. The molecule has 170 valence electrons. The number of carbonyl (C=O) groups excluding carboxylic acids is 2. The number of fused-ring (bicyclic) bond motifs is 2. The summed E-state index contributed by atoms with van der Waals surface area (Å²) in [5, 5.41) is 1.38. The zero-order valence-corrected chi connectivity index (χ0v) is 19.5. The Morgan fingerprint density at radius 1 is 1.09 bits per heavy atom. The van der Waals surface area contributed by atoms with Gasteiger partial charge in [0.05, 0.1) is 18.2 Å². The van der Waals surface area contributed by atoms with Crippen molar-refractivity contribution in [3.05, 3.63) is 93.8 Å². The zero-order chi connectivity index (χ0) is 24.0. The average Bonchev–Trinajstić information content (AvgIpc) is 3.29. The smallest absolute Gasteiger partial charge is 0.343 e. The van der Waals surface area contributed by atoms with E-state index in [-0.39, 0.29) is 17.3 Å². The van der Waals surface area contributed by atoms with Crippen LogP contribution in [0.25, 0.3) is 17.0 Å². The lowest BCUT2D eigenvalue weighted by atomic mass is 10.0. The highest BCUT2D eigenvalue weighted by Crippen LogP contribution is 2.38. The summed E-state index contributed by atoms with van der Waals surface area (Å²) in [6.45, 7) is 1.78. The normalized spacial score (nSPS) is 13.8. The first-order valence-corrected chi connectivity index (χ1v) is 10.9. The van der Waals surface area contributed by atoms with Crippen molar-refractivity contribution < 1.29 is 23.8 Å². The predicted octanol–water partition coefficient (Wildman–Crippen LogP) is 5.98. The molecule has 6 nitrogen and oxygen atoms in total. The molecule has 4 aromatic rings. The molecule has 1 aromatic heterocycles. The van der Waals surface area contributed by atoms with E-state index in [0.717, 1.165) is 22.2 Å². The number of aromatic nitrogens is 1. The fourth-order valence-corrected chi connectivity index (χ4v) is 4.29. The van der Waals surface area contributed by atoms with Crippen LogP contribution in [-0.2, 0) is 7.05 Å². The fourth-order valence-electron chi connectivity index (χ4n) is 4.10. The van der Waals surface area contributed by atoms with Gasteiger partial charge < -0.3 is 18.8 Å². The molecule has 0 N–H and O–H groups in total. The third-order valence-electron chi connectivity index (χ3n) is 5.73. The third kappa shape index (κ3) is 3.82. The van der Waals surface area contributed by atoms with Crippen LogP contribution in [0.2, 0.25) is 5.02 Å². The van der Waals surface area contributed by atoms with Crippen LogP contribution in [0.1, 0.15) is 31.8 Å². The maximum absolute atomic E-state index is 13.1. The number of ketones is 1. The SMILES string of the molecule is COc1ccc2c(c1)c(/C=C1\Oc3cc(OC(=O)c4cccc(Cl)c4)cc(C)c3C1=O)cn2C. The zero-order valence-electron chi connectivity index (χ0n) is 18.7. The number of nitrogens with zero attached hydrogens (tertiary/aromatic N) is 1. The van der Waals surface area contributed by atoms with Crippen molar-refractivity contribution in [2.24, 2.45) is 7.05 Å². The van der Waals surface area contributed by atoms with E-state index in [1.807, 2.05) is 36.0 Å². The number of esters is 1. The molecule has 7 heteroatoms. The highest BCUT2D eigenvalue weighted by molar-refractivity contribution is 6.30. The molecule has 0 atom stereocenters. The first-order chi connectivity index (χ1) is 16.3. The molecule has 3 aromatic carbocycles. The van der Waals surface area contributed by atoms with Crippen molar-refractivity contribution in [3.8, 4) is 17.2 Å². The average molecular weight is 474 g/mol. The Labute approximate surface area is 200 Å². The monoisotopic (exact) mass is 473 g/mol. The molecule has 0 aliphatic carbocycles. The van der Waals surface area contributed by atoms with Crippen molar-refractivity contribution in [2.45, 2.75) is 6.92 Å². The number of halogens is 1. The first-order valence-electron chi connectivity index (χ1n) is 10.5. The largest absolute Gasteiger partial charge is 0.497 e. The molecule has 0 saturated carbocycles. The van der Waals surface area contributed by atoms with Crippen LogP contribution in [0.5, 0.6) is 17.2 Å². The number of hydrogen-bond donors (Lipinski definition) is 0.